The Kier molecular flexibility index (Phi) is 5.13. The summed E-state index contributed by atoms with van der Waals surface area (Å²) in [5.74, 6) is -1.24. The molecule has 5 heteroatoms. The van der Waals surface area contributed by atoms with Gasteiger partial charge in [0.2, 0.25) is 5.91 Å². The van der Waals surface area contributed by atoms with Crippen LogP contribution in [0.25, 0.3) is 0 Å². The van der Waals surface area contributed by atoms with E-state index in [-0.39, 0.29) is 18.1 Å². The Bertz CT molecular complexity index is 491. The summed E-state index contributed by atoms with van der Waals surface area (Å²) in [6, 6.07) is 5.85. The Morgan fingerprint density at radius 3 is 2.35 bits per heavy atom. The number of carbonyl (C=O) groups excluding carboxylic acids is 1. The van der Waals surface area contributed by atoms with Gasteiger partial charge in [0.1, 0.15) is 11.8 Å². The summed E-state index contributed by atoms with van der Waals surface area (Å²) < 4.78 is 0. The van der Waals surface area contributed by atoms with Crippen LogP contribution in [0.3, 0.4) is 0 Å². The number of carboxylic acid groups (broad SMARTS) is 1. The molecule has 110 valence electrons. The van der Waals surface area contributed by atoms with Gasteiger partial charge in [-0.2, -0.15) is 0 Å². The van der Waals surface area contributed by atoms with Crippen LogP contribution in [0.5, 0.6) is 5.75 Å². The zero-order valence-corrected chi connectivity index (χ0v) is 12.0. The van der Waals surface area contributed by atoms with Gasteiger partial charge in [0.15, 0.2) is 0 Å². The van der Waals surface area contributed by atoms with E-state index in [9.17, 15) is 14.7 Å². The fourth-order valence-corrected chi connectivity index (χ4v) is 1.85. The summed E-state index contributed by atoms with van der Waals surface area (Å²) in [6.45, 7) is 5.28. The summed E-state index contributed by atoms with van der Waals surface area (Å²) in [5.41, 5.74) is 0.112. The van der Waals surface area contributed by atoms with Crippen molar-refractivity contribution >= 4 is 11.9 Å². The zero-order valence-electron chi connectivity index (χ0n) is 12.0. The lowest BCUT2D eigenvalue weighted by Crippen LogP contribution is -2.49. The number of rotatable bonds is 5. The molecular formula is C15H21NO4. The topological polar surface area (TPSA) is 86.6 Å². The van der Waals surface area contributed by atoms with Gasteiger partial charge in [-0.3, -0.25) is 4.79 Å². The second-order valence-corrected chi connectivity index (χ2v) is 5.83. The summed E-state index contributed by atoms with van der Waals surface area (Å²) in [5, 5.41) is 21.3. The van der Waals surface area contributed by atoms with E-state index in [1.807, 2.05) is 0 Å². The van der Waals surface area contributed by atoms with Crippen molar-refractivity contribution in [3.05, 3.63) is 29.8 Å². The number of aromatic hydroxyl groups is 1. The smallest absolute Gasteiger partial charge is 0.326 e. The molecule has 0 aliphatic heterocycles. The van der Waals surface area contributed by atoms with Crippen LogP contribution in [-0.2, 0) is 16.0 Å². The third-order valence-electron chi connectivity index (χ3n) is 3.03. The van der Waals surface area contributed by atoms with Gasteiger partial charge in [0.25, 0.3) is 0 Å². The molecule has 0 spiro atoms. The standard InChI is InChI=1S/C15H21NO4/c1-15(2,3)13(14(19)20)16-12(18)9-8-10-6-4-5-7-11(10)17/h4-7,13,17H,8-9H2,1-3H3,(H,16,18)(H,19,20)/t13-/m0/s1. The van der Waals surface area contributed by atoms with Crippen LogP contribution in [-0.4, -0.2) is 28.1 Å². The number of carboxylic acids is 1. The average molecular weight is 279 g/mol. The molecule has 0 aliphatic rings. The number of phenols is 1. The molecule has 1 aromatic rings. The first-order chi connectivity index (χ1) is 9.21. The second-order valence-electron chi connectivity index (χ2n) is 5.83. The van der Waals surface area contributed by atoms with Crippen molar-refractivity contribution in [2.24, 2.45) is 5.41 Å². The predicted molar refractivity (Wildman–Crippen MR) is 75.4 cm³/mol. The van der Waals surface area contributed by atoms with Gasteiger partial charge in [0.05, 0.1) is 0 Å². The minimum absolute atomic E-state index is 0.136. The lowest BCUT2D eigenvalue weighted by Gasteiger charge is -2.27. The van der Waals surface area contributed by atoms with Crippen molar-refractivity contribution in [1.29, 1.82) is 0 Å². The van der Waals surface area contributed by atoms with Gasteiger partial charge in [-0.05, 0) is 23.5 Å². The first-order valence-electron chi connectivity index (χ1n) is 6.51. The molecule has 1 amide bonds. The number of hydrogen-bond donors (Lipinski definition) is 3. The van der Waals surface area contributed by atoms with Crippen molar-refractivity contribution in [2.75, 3.05) is 0 Å². The van der Waals surface area contributed by atoms with Crippen LogP contribution < -0.4 is 5.32 Å². The molecule has 1 atom stereocenters. The van der Waals surface area contributed by atoms with Crippen molar-refractivity contribution < 1.29 is 19.8 Å². The summed E-state index contributed by atoms with van der Waals surface area (Å²) in [6.07, 6.45) is 0.506. The van der Waals surface area contributed by atoms with Crippen LogP contribution in [0.1, 0.15) is 32.8 Å². The fraction of sp³-hybridized carbons (Fsp3) is 0.467. The summed E-state index contributed by atoms with van der Waals surface area (Å²) in [4.78, 5) is 23.0. The quantitative estimate of drug-likeness (QED) is 0.768. The number of benzene rings is 1. The monoisotopic (exact) mass is 279 g/mol. The fourth-order valence-electron chi connectivity index (χ4n) is 1.85. The van der Waals surface area contributed by atoms with Gasteiger partial charge < -0.3 is 15.5 Å². The first kappa shape index (κ1) is 16.0. The van der Waals surface area contributed by atoms with Crippen LogP contribution >= 0.6 is 0 Å². The van der Waals surface area contributed by atoms with Gasteiger partial charge in [0, 0.05) is 6.42 Å². The minimum Gasteiger partial charge on any atom is -0.508 e. The Hall–Kier alpha value is -2.04. The third-order valence-corrected chi connectivity index (χ3v) is 3.03. The summed E-state index contributed by atoms with van der Waals surface area (Å²) in [7, 11) is 0. The van der Waals surface area contributed by atoms with Crippen molar-refractivity contribution in [3.8, 4) is 5.75 Å². The molecule has 0 heterocycles. The van der Waals surface area contributed by atoms with Crippen LogP contribution in [0.15, 0.2) is 24.3 Å². The predicted octanol–water partition coefficient (Wildman–Crippen LogP) is 1.94. The number of carbonyl (C=O) groups is 2. The number of hydrogen-bond acceptors (Lipinski definition) is 3. The highest BCUT2D eigenvalue weighted by Gasteiger charge is 2.32. The highest BCUT2D eigenvalue weighted by Crippen LogP contribution is 2.20. The van der Waals surface area contributed by atoms with E-state index in [1.54, 1.807) is 45.0 Å². The maximum Gasteiger partial charge on any atom is 0.326 e. The molecule has 5 nitrogen and oxygen atoms in total. The average Bonchev–Trinajstić information content (AvgIpc) is 2.33. The van der Waals surface area contributed by atoms with E-state index in [1.165, 1.54) is 0 Å². The molecule has 3 N–H and O–H groups in total. The molecule has 20 heavy (non-hydrogen) atoms. The van der Waals surface area contributed by atoms with Gasteiger partial charge in [-0.15, -0.1) is 0 Å². The molecule has 0 saturated carbocycles. The van der Waals surface area contributed by atoms with Crippen LogP contribution in [0.4, 0.5) is 0 Å². The molecule has 0 fully saturated rings. The Morgan fingerprint density at radius 2 is 1.85 bits per heavy atom. The molecule has 0 aliphatic carbocycles. The highest BCUT2D eigenvalue weighted by molar-refractivity contribution is 5.84. The molecule has 0 bridgehead atoms. The van der Waals surface area contributed by atoms with E-state index >= 15 is 0 Å². The summed E-state index contributed by atoms with van der Waals surface area (Å²) >= 11 is 0. The number of para-hydroxylation sites is 1. The highest BCUT2D eigenvalue weighted by atomic mass is 16.4. The first-order valence-corrected chi connectivity index (χ1v) is 6.51. The van der Waals surface area contributed by atoms with Crippen LogP contribution in [0.2, 0.25) is 0 Å². The zero-order chi connectivity index (χ0) is 15.3. The van der Waals surface area contributed by atoms with E-state index in [0.29, 0.717) is 12.0 Å². The second kappa shape index (κ2) is 6.41. The van der Waals surface area contributed by atoms with Gasteiger partial charge in [-0.25, -0.2) is 4.79 Å². The Morgan fingerprint density at radius 1 is 1.25 bits per heavy atom. The molecular weight excluding hydrogens is 258 g/mol. The number of aliphatic carboxylic acids is 1. The lowest BCUT2D eigenvalue weighted by molar-refractivity contribution is -0.144. The number of phenolic OH excluding ortho intramolecular Hbond substituents is 1. The normalized spacial score (nSPS) is 12.8. The molecule has 0 saturated heterocycles. The number of amides is 1. The molecule has 1 aromatic carbocycles. The largest absolute Gasteiger partial charge is 0.508 e. The van der Waals surface area contributed by atoms with Crippen molar-refractivity contribution in [1.82, 2.24) is 5.32 Å². The minimum atomic E-state index is -1.05. The van der Waals surface area contributed by atoms with Gasteiger partial charge in [-0.1, -0.05) is 39.0 Å². The SMILES string of the molecule is CC(C)(C)[C@@H](NC(=O)CCc1ccccc1O)C(=O)O. The molecule has 0 aromatic heterocycles. The van der Waals surface area contributed by atoms with E-state index in [2.05, 4.69) is 5.32 Å². The Labute approximate surface area is 118 Å². The van der Waals surface area contributed by atoms with Crippen molar-refractivity contribution in [3.63, 3.8) is 0 Å². The maximum atomic E-state index is 11.8. The molecule has 0 radical (unpaired) electrons. The van der Waals surface area contributed by atoms with E-state index in [4.69, 9.17) is 5.11 Å². The van der Waals surface area contributed by atoms with Crippen LogP contribution in [0, 0.1) is 5.41 Å². The molecule has 0 unspecified atom stereocenters. The molecule has 1 rings (SSSR count). The third kappa shape index (κ3) is 4.57. The van der Waals surface area contributed by atoms with E-state index < -0.39 is 17.4 Å². The maximum absolute atomic E-state index is 11.8. The Balaban J connectivity index is 2.60. The number of aryl methyl sites for hydroxylation is 1. The van der Waals surface area contributed by atoms with E-state index in [0.717, 1.165) is 0 Å². The van der Waals surface area contributed by atoms with Crippen molar-refractivity contribution in [2.45, 2.75) is 39.7 Å². The van der Waals surface area contributed by atoms with Gasteiger partial charge >= 0.3 is 5.97 Å². The number of nitrogens with one attached hydrogen (secondary N) is 1. The lowest BCUT2D eigenvalue weighted by atomic mass is 9.86.